The van der Waals surface area contributed by atoms with Gasteiger partial charge in [-0.3, -0.25) is 9.48 Å². The fourth-order valence-electron chi connectivity index (χ4n) is 9.25. The largest absolute Gasteiger partial charge is 0.405 e. The number of ether oxygens (including phenoxy) is 1. The molecule has 0 saturated heterocycles. The van der Waals surface area contributed by atoms with Gasteiger partial charge in [-0.25, -0.2) is 0 Å². The summed E-state index contributed by atoms with van der Waals surface area (Å²) < 4.78 is 7.65. The van der Waals surface area contributed by atoms with E-state index in [0.29, 0.717) is 36.0 Å². The Morgan fingerprint density at radius 2 is 2.03 bits per heavy atom. The molecule has 0 unspecified atom stereocenters. The highest BCUT2D eigenvalue weighted by Gasteiger charge is 2.63. The zero-order chi connectivity index (χ0) is 24.1. The van der Waals surface area contributed by atoms with Crippen LogP contribution in [0.3, 0.4) is 0 Å². The van der Waals surface area contributed by atoms with Crippen molar-refractivity contribution in [3.8, 4) is 0 Å². The maximum absolute atomic E-state index is 13.5. The lowest BCUT2D eigenvalue weighted by atomic mass is 9.43. The molecule has 0 aromatic carbocycles. The third-order valence-electron chi connectivity index (χ3n) is 10.7. The number of aromatic nitrogens is 2. The second-order valence-electron chi connectivity index (χ2n) is 12.5. The first-order valence-corrected chi connectivity index (χ1v) is 13.4. The molecule has 1 aromatic rings. The third kappa shape index (κ3) is 3.85. The summed E-state index contributed by atoms with van der Waals surface area (Å²) >= 11 is 0. The SMILES string of the molecule is COC[C@]12CC[C@@](C)(O)C[C@@H]1CC[C@H]1[C@@H]3CC[C@H](C(=O)Cn4cc(/C=C\N)cn4)[C@@]3(C)CC[C@@H]12. The molecule has 1 aromatic heterocycles. The highest BCUT2D eigenvalue weighted by atomic mass is 16.5. The average molecular weight is 470 g/mol. The molecule has 34 heavy (non-hydrogen) atoms. The monoisotopic (exact) mass is 469 g/mol. The van der Waals surface area contributed by atoms with Crippen LogP contribution in [0.25, 0.3) is 6.08 Å². The van der Waals surface area contributed by atoms with Crippen molar-refractivity contribution in [3.05, 3.63) is 24.2 Å². The standard InChI is InChI=1S/C28H43N3O3/c1-26(33)11-12-28(18-34-3)20(14-26)4-5-21-22-6-7-24(27(22,2)10-8-23(21)28)25(32)17-31-16-19(9-13-29)15-30-31/h9,13,15-16,20-24,33H,4-8,10-12,14,17-18,29H2,1-3H3/b13-9-/t20-,21-,22-,23-,24+,26+,27-,28+/m0/s1. The molecule has 0 aliphatic heterocycles. The number of nitrogens with two attached hydrogens (primary N) is 1. The Morgan fingerprint density at radius 3 is 2.79 bits per heavy atom. The summed E-state index contributed by atoms with van der Waals surface area (Å²) in [6.45, 7) is 5.61. The predicted octanol–water partition coefficient (Wildman–Crippen LogP) is 4.42. The number of nitrogens with zero attached hydrogens (tertiary/aromatic N) is 2. The molecule has 6 nitrogen and oxygen atoms in total. The van der Waals surface area contributed by atoms with Gasteiger partial charge in [0.25, 0.3) is 0 Å². The van der Waals surface area contributed by atoms with Crippen molar-refractivity contribution >= 4 is 11.9 Å². The van der Waals surface area contributed by atoms with Crippen LogP contribution in [0.5, 0.6) is 0 Å². The number of Topliss-reactive ketones (excluding diaryl/α,β-unsaturated/α-hetero) is 1. The molecule has 4 aliphatic rings. The van der Waals surface area contributed by atoms with E-state index >= 15 is 0 Å². The van der Waals surface area contributed by atoms with Crippen LogP contribution in [0, 0.1) is 40.4 Å². The summed E-state index contributed by atoms with van der Waals surface area (Å²) in [4.78, 5) is 13.5. The number of hydrogen-bond donors (Lipinski definition) is 2. The molecule has 4 aliphatic carbocycles. The quantitative estimate of drug-likeness (QED) is 0.644. The number of hydrogen-bond acceptors (Lipinski definition) is 5. The molecule has 3 N–H and O–H groups in total. The van der Waals surface area contributed by atoms with Crippen molar-refractivity contribution in [2.75, 3.05) is 13.7 Å². The summed E-state index contributed by atoms with van der Waals surface area (Å²) in [5.41, 5.74) is 6.18. The number of carbonyl (C=O) groups is 1. The molecule has 0 radical (unpaired) electrons. The van der Waals surface area contributed by atoms with Gasteiger partial charge in [0.2, 0.25) is 0 Å². The molecule has 0 amide bonds. The van der Waals surface area contributed by atoms with Crippen LogP contribution in [0.1, 0.15) is 77.2 Å². The van der Waals surface area contributed by atoms with Gasteiger partial charge in [-0.2, -0.15) is 5.10 Å². The molecule has 188 valence electrons. The Labute approximate surface area is 204 Å². The van der Waals surface area contributed by atoms with E-state index in [9.17, 15) is 9.90 Å². The normalized spacial score (nSPS) is 43.9. The Morgan fingerprint density at radius 1 is 1.21 bits per heavy atom. The first-order chi connectivity index (χ1) is 16.2. The molecule has 5 rings (SSSR count). The van der Waals surface area contributed by atoms with Gasteiger partial charge in [0.1, 0.15) is 0 Å². The fourth-order valence-corrected chi connectivity index (χ4v) is 9.25. The van der Waals surface area contributed by atoms with E-state index in [1.165, 1.54) is 31.9 Å². The number of methoxy groups -OCH3 is 1. The van der Waals surface area contributed by atoms with Gasteiger partial charge in [0.15, 0.2) is 5.78 Å². The Kier molecular flexibility index (Phi) is 6.21. The predicted molar refractivity (Wildman–Crippen MR) is 132 cm³/mol. The smallest absolute Gasteiger partial charge is 0.157 e. The zero-order valence-electron chi connectivity index (χ0n) is 21.2. The van der Waals surface area contributed by atoms with Crippen LogP contribution in [-0.4, -0.2) is 40.0 Å². The van der Waals surface area contributed by atoms with Gasteiger partial charge < -0.3 is 15.6 Å². The lowest BCUT2D eigenvalue weighted by Gasteiger charge is -2.62. The van der Waals surface area contributed by atoms with E-state index in [1.54, 1.807) is 17.0 Å². The fraction of sp³-hybridized carbons (Fsp3) is 0.786. The van der Waals surface area contributed by atoms with Crippen LogP contribution >= 0.6 is 0 Å². The minimum Gasteiger partial charge on any atom is -0.405 e. The van der Waals surface area contributed by atoms with Crippen molar-refractivity contribution < 1.29 is 14.6 Å². The highest BCUT2D eigenvalue weighted by Crippen LogP contribution is 2.68. The van der Waals surface area contributed by atoms with Crippen LogP contribution in [-0.2, 0) is 16.1 Å². The molecular formula is C28H43N3O3. The van der Waals surface area contributed by atoms with Gasteiger partial charge >= 0.3 is 0 Å². The van der Waals surface area contributed by atoms with Gasteiger partial charge in [0.05, 0.1) is 24.9 Å². The molecule has 1 heterocycles. The van der Waals surface area contributed by atoms with E-state index < -0.39 is 5.60 Å². The van der Waals surface area contributed by atoms with Crippen LogP contribution in [0.4, 0.5) is 0 Å². The minimum atomic E-state index is -0.533. The maximum Gasteiger partial charge on any atom is 0.157 e. The summed E-state index contributed by atoms with van der Waals surface area (Å²) in [5, 5.41) is 15.2. The molecule has 0 spiro atoms. The first kappa shape index (κ1) is 24.1. The van der Waals surface area contributed by atoms with E-state index in [4.69, 9.17) is 10.5 Å². The van der Waals surface area contributed by atoms with E-state index in [0.717, 1.165) is 44.3 Å². The van der Waals surface area contributed by atoms with Crippen LogP contribution in [0.15, 0.2) is 18.6 Å². The van der Waals surface area contributed by atoms with Crippen molar-refractivity contribution in [3.63, 3.8) is 0 Å². The lowest BCUT2D eigenvalue weighted by Crippen LogP contribution is -2.58. The second-order valence-corrected chi connectivity index (χ2v) is 12.5. The molecule has 4 fully saturated rings. The summed E-state index contributed by atoms with van der Waals surface area (Å²) in [7, 11) is 1.85. The van der Waals surface area contributed by atoms with Crippen LogP contribution < -0.4 is 5.73 Å². The Hall–Kier alpha value is -1.66. The molecule has 0 bridgehead atoms. The lowest BCUT2D eigenvalue weighted by molar-refractivity contribution is -0.175. The minimum absolute atomic E-state index is 0.0899. The topological polar surface area (TPSA) is 90.4 Å². The average Bonchev–Trinajstić information content (AvgIpc) is 3.37. The third-order valence-corrected chi connectivity index (χ3v) is 10.7. The van der Waals surface area contributed by atoms with E-state index in [2.05, 4.69) is 12.0 Å². The Bertz CT molecular complexity index is 939. The van der Waals surface area contributed by atoms with Gasteiger partial charge in [-0.05, 0) is 111 Å². The van der Waals surface area contributed by atoms with Crippen molar-refractivity contribution in [2.24, 2.45) is 46.2 Å². The summed E-state index contributed by atoms with van der Waals surface area (Å²) in [6.07, 6.45) is 16.8. The van der Waals surface area contributed by atoms with Crippen molar-refractivity contribution in [1.82, 2.24) is 9.78 Å². The number of fused-ring (bicyclic) bond motifs is 5. The van der Waals surface area contributed by atoms with Gasteiger partial charge in [-0.1, -0.05) is 6.92 Å². The van der Waals surface area contributed by atoms with E-state index in [1.807, 2.05) is 20.2 Å². The zero-order valence-corrected chi connectivity index (χ0v) is 21.2. The highest BCUT2D eigenvalue weighted by molar-refractivity contribution is 5.82. The second kappa shape index (κ2) is 8.77. The molecule has 4 saturated carbocycles. The van der Waals surface area contributed by atoms with Gasteiger partial charge in [0, 0.05) is 24.8 Å². The van der Waals surface area contributed by atoms with Crippen LogP contribution in [0.2, 0.25) is 0 Å². The molecular weight excluding hydrogens is 426 g/mol. The van der Waals surface area contributed by atoms with Gasteiger partial charge in [-0.15, -0.1) is 0 Å². The maximum atomic E-state index is 13.5. The molecule has 6 heteroatoms. The van der Waals surface area contributed by atoms with E-state index in [-0.39, 0.29) is 16.7 Å². The number of aliphatic hydroxyl groups is 1. The number of rotatable bonds is 6. The van der Waals surface area contributed by atoms with Crippen molar-refractivity contribution in [1.29, 1.82) is 0 Å². The first-order valence-electron chi connectivity index (χ1n) is 13.4. The number of carbonyl (C=O) groups excluding carboxylic acids is 1. The summed E-state index contributed by atoms with van der Waals surface area (Å²) in [5.74, 6) is 2.97. The Balaban J connectivity index is 1.35. The molecule has 8 atom stereocenters. The number of ketones is 1. The summed E-state index contributed by atoms with van der Waals surface area (Å²) in [6, 6.07) is 0. The van der Waals surface area contributed by atoms with Crippen molar-refractivity contribution in [2.45, 2.75) is 83.8 Å².